The van der Waals surface area contributed by atoms with Crippen LogP contribution in [0.1, 0.15) is 12.5 Å². The molecule has 0 aliphatic heterocycles. The topological polar surface area (TPSA) is 41.5 Å². The minimum absolute atomic E-state index is 0.279. The zero-order chi connectivity index (χ0) is 12.8. The molecule has 1 aromatic carbocycles. The molecule has 2 N–H and O–H groups in total. The Morgan fingerprint density at radius 1 is 1.53 bits per heavy atom. The summed E-state index contributed by atoms with van der Waals surface area (Å²) < 4.78 is 18.8. The van der Waals surface area contributed by atoms with Gasteiger partial charge in [0.15, 0.2) is 0 Å². The molecule has 3 nitrogen and oxygen atoms in total. The van der Waals surface area contributed by atoms with E-state index < -0.39 is 6.10 Å². The molecule has 0 saturated carbocycles. The maximum Gasteiger partial charge on any atom is 0.139 e. The number of hydrogen-bond acceptors (Lipinski definition) is 3. The highest BCUT2D eigenvalue weighted by molar-refractivity contribution is 9.10. The Hall–Kier alpha value is -0.650. The second-order valence-corrected chi connectivity index (χ2v) is 4.63. The quantitative estimate of drug-likeness (QED) is 0.849. The molecule has 0 radical (unpaired) electrons. The lowest BCUT2D eigenvalue weighted by Gasteiger charge is -2.14. The van der Waals surface area contributed by atoms with Crippen LogP contribution < -0.4 is 5.32 Å². The Kier molecular flexibility index (Phi) is 5.88. The highest BCUT2D eigenvalue weighted by Crippen LogP contribution is 2.23. The van der Waals surface area contributed by atoms with Crippen LogP contribution in [0.25, 0.3) is 0 Å². The molecule has 0 amide bonds. The van der Waals surface area contributed by atoms with Gasteiger partial charge < -0.3 is 15.2 Å². The Bertz CT molecular complexity index is 374. The Morgan fingerprint density at radius 2 is 2.24 bits per heavy atom. The SMILES string of the molecule is CCOCC(O)CNc1cc(F)c(Br)cc1C. The predicted molar refractivity (Wildman–Crippen MR) is 69.8 cm³/mol. The maximum absolute atomic E-state index is 13.3. The normalized spacial score (nSPS) is 12.5. The van der Waals surface area contributed by atoms with Gasteiger partial charge in [-0.2, -0.15) is 0 Å². The van der Waals surface area contributed by atoms with Gasteiger partial charge in [-0.15, -0.1) is 0 Å². The van der Waals surface area contributed by atoms with E-state index in [9.17, 15) is 9.50 Å². The monoisotopic (exact) mass is 305 g/mol. The number of aliphatic hydroxyl groups excluding tert-OH is 1. The Labute approximate surface area is 109 Å². The number of anilines is 1. The standard InChI is InChI=1S/C12H17BrFNO2/c1-3-17-7-9(16)6-15-12-5-11(14)10(13)4-8(12)2/h4-5,9,15-16H,3,6-7H2,1-2H3. The van der Waals surface area contributed by atoms with Crippen LogP contribution in [0.4, 0.5) is 10.1 Å². The van der Waals surface area contributed by atoms with Crippen molar-refractivity contribution < 1.29 is 14.2 Å². The van der Waals surface area contributed by atoms with E-state index in [2.05, 4.69) is 21.2 Å². The fourth-order valence-corrected chi connectivity index (χ4v) is 1.84. The molecule has 5 heteroatoms. The average molecular weight is 306 g/mol. The van der Waals surface area contributed by atoms with E-state index >= 15 is 0 Å². The second-order valence-electron chi connectivity index (χ2n) is 3.78. The third-order valence-corrected chi connectivity index (χ3v) is 2.92. The van der Waals surface area contributed by atoms with Gasteiger partial charge in [0.25, 0.3) is 0 Å². The number of aliphatic hydroxyl groups is 1. The molecule has 0 aliphatic rings. The highest BCUT2D eigenvalue weighted by Gasteiger charge is 2.07. The number of nitrogens with one attached hydrogen (secondary N) is 1. The van der Waals surface area contributed by atoms with Gasteiger partial charge in [-0.25, -0.2) is 4.39 Å². The highest BCUT2D eigenvalue weighted by atomic mass is 79.9. The van der Waals surface area contributed by atoms with Gasteiger partial charge in [0.2, 0.25) is 0 Å². The van der Waals surface area contributed by atoms with Crippen LogP contribution in [-0.2, 0) is 4.74 Å². The molecule has 0 fully saturated rings. The summed E-state index contributed by atoms with van der Waals surface area (Å²) in [6.45, 7) is 4.93. The van der Waals surface area contributed by atoms with Gasteiger partial charge in [-0.1, -0.05) is 0 Å². The second kappa shape index (κ2) is 6.93. The van der Waals surface area contributed by atoms with Crippen LogP contribution in [0, 0.1) is 12.7 Å². The summed E-state index contributed by atoms with van der Waals surface area (Å²) in [7, 11) is 0. The van der Waals surface area contributed by atoms with E-state index in [1.54, 1.807) is 6.07 Å². The first-order chi connectivity index (χ1) is 8.04. The lowest BCUT2D eigenvalue weighted by Crippen LogP contribution is -2.25. The summed E-state index contributed by atoms with van der Waals surface area (Å²) in [6, 6.07) is 3.11. The van der Waals surface area contributed by atoms with Crippen molar-refractivity contribution in [2.45, 2.75) is 20.0 Å². The van der Waals surface area contributed by atoms with Gasteiger partial charge in [-0.05, 0) is 47.5 Å². The lowest BCUT2D eigenvalue weighted by molar-refractivity contribution is 0.0496. The zero-order valence-corrected chi connectivity index (χ0v) is 11.6. The molecule has 0 aromatic heterocycles. The van der Waals surface area contributed by atoms with Gasteiger partial charge >= 0.3 is 0 Å². The summed E-state index contributed by atoms with van der Waals surface area (Å²) in [6.07, 6.45) is -0.596. The summed E-state index contributed by atoms with van der Waals surface area (Å²) in [4.78, 5) is 0. The van der Waals surface area contributed by atoms with E-state index in [4.69, 9.17) is 4.74 Å². The summed E-state index contributed by atoms with van der Waals surface area (Å²) in [5.41, 5.74) is 1.60. The van der Waals surface area contributed by atoms with Gasteiger partial charge in [0.1, 0.15) is 5.82 Å². The molecule has 0 spiro atoms. The van der Waals surface area contributed by atoms with Crippen LogP contribution in [0.3, 0.4) is 0 Å². The van der Waals surface area contributed by atoms with E-state index in [1.807, 2.05) is 13.8 Å². The number of aryl methyl sites for hydroxylation is 1. The molecule has 17 heavy (non-hydrogen) atoms. The number of benzene rings is 1. The Morgan fingerprint density at radius 3 is 2.88 bits per heavy atom. The number of rotatable bonds is 6. The molecule has 0 aliphatic carbocycles. The van der Waals surface area contributed by atoms with Gasteiger partial charge in [-0.3, -0.25) is 0 Å². The van der Waals surface area contributed by atoms with E-state index in [0.717, 1.165) is 5.56 Å². The van der Waals surface area contributed by atoms with Gasteiger partial charge in [0.05, 0.1) is 17.2 Å². The van der Waals surface area contributed by atoms with Crippen molar-refractivity contribution in [3.05, 3.63) is 28.0 Å². The maximum atomic E-state index is 13.3. The third kappa shape index (κ3) is 4.61. The van der Waals surface area contributed by atoms with E-state index in [0.29, 0.717) is 23.3 Å². The van der Waals surface area contributed by atoms with Crippen molar-refractivity contribution in [3.63, 3.8) is 0 Å². The third-order valence-electron chi connectivity index (χ3n) is 2.31. The minimum Gasteiger partial charge on any atom is -0.389 e. The first kappa shape index (κ1) is 14.4. The molecule has 96 valence electrons. The van der Waals surface area contributed by atoms with Crippen molar-refractivity contribution in [1.29, 1.82) is 0 Å². The lowest BCUT2D eigenvalue weighted by atomic mass is 10.2. The smallest absolute Gasteiger partial charge is 0.139 e. The predicted octanol–water partition coefficient (Wildman–Crippen LogP) is 2.71. The average Bonchev–Trinajstić information content (AvgIpc) is 2.29. The van der Waals surface area contributed by atoms with Crippen LogP contribution in [-0.4, -0.2) is 31.0 Å². The van der Waals surface area contributed by atoms with Crippen molar-refractivity contribution in [3.8, 4) is 0 Å². The van der Waals surface area contributed by atoms with Crippen LogP contribution in [0.15, 0.2) is 16.6 Å². The molecule has 0 saturated heterocycles. The van der Waals surface area contributed by atoms with Crippen LogP contribution >= 0.6 is 15.9 Å². The molecule has 1 atom stereocenters. The van der Waals surface area contributed by atoms with Crippen LogP contribution in [0.5, 0.6) is 0 Å². The summed E-state index contributed by atoms with van der Waals surface area (Å²) >= 11 is 3.12. The molecular weight excluding hydrogens is 289 g/mol. The Balaban J connectivity index is 2.54. The molecule has 1 unspecified atom stereocenters. The molecule has 1 aromatic rings. The number of ether oxygens (including phenoxy) is 1. The zero-order valence-electron chi connectivity index (χ0n) is 9.96. The summed E-state index contributed by atoms with van der Waals surface area (Å²) in [5, 5.41) is 12.6. The number of halogens is 2. The van der Waals surface area contributed by atoms with Crippen molar-refractivity contribution in [1.82, 2.24) is 0 Å². The fourth-order valence-electron chi connectivity index (χ4n) is 1.38. The summed E-state index contributed by atoms with van der Waals surface area (Å²) in [5.74, 6) is -0.322. The van der Waals surface area contributed by atoms with Crippen molar-refractivity contribution in [2.75, 3.05) is 25.1 Å². The van der Waals surface area contributed by atoms with E-state index in [1.165, 1.54) is 6.07 Å². The first-order valence-electron chi connectivity index (χ1n) is 5.50. The first-order valence-corrected chi connectivity index (χ1v) is 6.29. The van der Waals surface area contributed by atoms with Crippen molar-refractivity contribution >= 4 is 21.6 Å². The van der Waals surface area contributed by atoms with E-state index in [-0.39, 0.29) is 12.4 Å². The largest absolute Gasteiger partial charge is 0.389 e. The molecule has 0 bridgehead atoms. The number of hydrogen-bond donors (Lipinski definition) is 2. The molecule has 1 rings (SSSR count). The van der Waals surface area contributed by atoms with Crippen molar-refractivity contribution in [2.24, 2.45) is 0 Å². The molecular formula is C12H17BrFNO2. The fraction of sp³-hybridized carbons (Fsp3) is 0.500. The van der Waals surface area contributed by atoms with Gasteiger partial charge in [0, 0.05) is 18.8 Å². The van der Waals surface area contributed by atoms with Crippen LogP contribution in [0.2, 0.25) is 0 Å². The molecule has 0 heterocycles. The minimum atomic E-state index is -0.596.